The van der Waals surface area contributed by atoms with Crippen molar-refractivity contribution >= 4 is 6.03 Å². The number of carbonyl (C=O) groups is 1. The van der Waals surface area contributed by atoms with Gasteiger partial charge in [-0.15, -0.1) is 0 Å². The Kier molecular flexibility index (Phi) is 6.40. The Morgan fingerprint density at radius 2 is 2.16 bits per heavy atom. The minimum atomic E-state index is -0.282. The molecule has 0 aromatic heterocycles. The van der Waals surface area contributed by atoms with Gasteiger partial charge in [0.25, 0.3) is 0 Å². The Morgan fingerprint density at radius 1 is 1.47 bits per heavy atom. The normalized spacial score (nSPS) is 21.1. The van der Waals surface area contributed by atoms with Gasteiger partial charge in [-0.25, -0.2) is 4.79 Å². The lowest BCUT2D eigenvalue weighted by atomic mass is 9.77. The van der Waals surface area contributed by atoms with Crippen molar-refractivity contribution in [2.24, 2.45) is 23.5 Å². The number of rotatable bonds is 6. The summed E-state index contributed by atoms with van der Waals surface area (Å²) < 4.78 is 0. The van der Waals surface area contributed by atoms with Gasteiger partial charge in [0, 0.05) is 13.1 Å². The summed E-state index contributed by atoms with van der Waals surface area (Å²) in [6.07, 6.45) is 7.21. The highest BCUT2D eigenvalue weighted by molar-refractivity contribution is 5.71. The number of nitrogens with zero attached hydrogens (tertiary/aromatic N) is 1. The Morgan fingerprint density at radius 3 is 2.53 bits per heavy atom. The molecule has 0 fully saturated rings. The SMILES string of the molecule is CCC(CN(CC)C(N)=O)C1CC=C(C(C)C)CC1. The second kappa shape index (κ2) is 7.56. The van der Waals surface area contributed by atoms with Gasteiger partial charge in [-0.1, -0.05) is 38.8 Å². The molecule has 0 spiro atoms. The first-order valence-electron chi connectivity index (χ1n) is 7.72. The van der Waals surface area contributed by atoms with E-state index in [4.69, 9.17) is 5.73 Å². The van der Waals surface area contributed by atoms with Crippen LogP contribution >= 0.6 is 0 Å². The molecule has 2 atom stereocenters. The van der Waals surface area contributed by atoms with Gasteiger partial charge in [-0.05, 0) is 43.9 Å². The van der Waals surface area contributed by atoms with Gasteiger partial charge in [0.1, 0.15) is 0 Å². The summed E-state index contributed by atoms with van der Waals surface area (Å²) in [6, 6.07) is -0.282. The Balaban J connectivity index is 2.60. The highest BCUT2D eigenvalue weighted by Gasteiger charge is 2.25. The molecule has 0 aliphatic heterocycles. The fourth-order valence-electron chi connectivity index (χ4n) is 3.10. The Labute approximate surface area is 118 Å². The molecule has 1 aliphatic carbocycles. The van der Waals surface area contributed by atoms with Crippen LogP contribution in [0.15, 0.2) is 11.6 Å². The van der Waals surface area contributed by atoms with Gasteiger partial charge >= 0.3 is 6.03 Å². The minimum Gasteiger partial charge on any atom is -0.351 e. The van der Waals surface area contributed by atoms with E-state index < -0.39 is 0 Å². The third-order valence-corrected chi connectivity index (χ3v) is 4.57. The number of carbonyl (C=O) groups excluding carboxylic acids is 1. The fraction of sp³-hybridized carbons (Fsp3) is 0.812. The largest absolute Gasteiger partial charge is 0.351 e. The summed E-state index contributed by atoms with van der Waals surface area (Å²) in [5.74, 6) is 1.97. The Bertz CT molecular complexity index is 323. The number of hydrogen-bond acceptors (Lipinski definition) is 1. The van der Waals surface area contributed by atoms with Crippen LogP contribution in [0.1, 0.15) is 53.4 Å². The van der Waals surface area contributed by atoms with Crippen molar-refractivity contribution in [1.29, 1.82) is 0 Å². The van der Waals surface area contributed by atoms with Crippen LogP contribution in [-0.2, 0) is 0 Å². The van der Waals surface area contributed by atoms with Crippen LogP contribution < -0.4 is 5.73 Å². The third-order valence-electron chi connectivity index (χ3n) is 4.57. The molecule has 19 heavy (non-hydrogen) atoms. The van der Waals surface area contributed by atoms with Crippen LogP contribution in [0, 0.1) is 17.8 Å². The predicted molar refractivity (Wildman–Crippen MR) is 80.9 cm³/mol. The van der Waals surface area contributed by atoms with Crippen LogP contribution in [0.4, 0.5) is 4.79 Å². The average molecular weight is 266 g/mol. The smallest absolute Gasteiger partial charge is 0.314 e. The third kappa shape index (κ3) is 4.55. The number of hydrogen-bond donors (Lipinski definition) is 1. The van der Waals surface area contributed by atoms with E-state index >= 15 is 0 Å². The molecule has 110 valence electrons. The van der Waals surface area contributed by atoms with E-state index in [1.54, 1.807) is 10.5 Å². The molecule has 3 nitrogen and oxygen atoms in total. The molecule has 2 unspecified atom stereocenters. The summed E-state index contributed by atoms with van der Waals surface area (Å²) in [5, 5.41) is 0. The number of primary amides is 1. The molecule has 0 saturated heterocycles. The summed E-state index contributed by atoms with van der Waals surface area (Å²) in [4.78, 5) is 13.1. The first kappa shape index (κ1) is 16.1. The topological polar surface area (TPSA) is 46.3 Å². The van der Waals surface area contributed by atoms with E-state index in [1.165, 1.54) is 19.3 Å². The minimum absolute atomic E-state index is 0.282. The lowest BCUT2D eigenvalue weighted by molar-refractivity contribution is 0.178. The van der Waals surface area contributed by atoms with Crippen LogP contribution in [0.2, 0.25) is 0 Å². The van der Waals surface area contributed by atoms with Crippen molar-refractivity contribution in [3.8, 4) is 0 Å². The summed E-state index contributed by atoms with van der Waals surface area (Å²) >= 11 is 0. The molecule has 0 saturated carbocycles. The van der Waals surface area contributed by atoms with Gasteiger partial charge in [0.05, 0.1) is 0 Å². The van der Waals surface area contributed by atoms with Crippen molar-refractivity contribution in [2.45, 2.75) is 53.4 Å². The average Bonchev–Trinajstić information content (AvgIpc) is 2.40. The standard InChI is InChI=1S/C16H30N2O/c1-5-13(11-18(6-2)16(17)19)15-9-7-14(8-10-15)12(3)4/h7,12-13,15H,5-6,8-11H2,1-4H3,(H2,17,19). The van der Waals surface area contributed by atoms with Gasteiger partial charge in [-0.3, -0.25) is 0 Å². The van der Waals surface area contributed by atoms with Crippen LogP contribution in [-0.4, -0.2) is 24.0 Å². The van der Waals surface area contributed by atoms with Gasteiger partial charge < -0.3 is 10.6 Å². The van der Waals surface area contributed by atoms with E-state index in [2.05, 4.69) is 26.8 Å². The molecule has 0 radical (unpaired) electrons. The van der Waals surface area contributed by atoms with E-state index in [-0.39, 0.29) is 6.03 Å². The lowest BCUT2D eigenvalue weighted by Crippen LogP contribution is -2.40. The molecule has 1 aliphatic rings. The molecule has 1 rings (SSSR count). The van der Waals surface area contributed by atoms with Gasteiger partial charge in [-0.2, -0.15) is 0 Å². The number of amides is 2. The van der Waals surface area contributed by atoms with Crippen molar-refractivity contribution in [3.63, 3.8) is 0 Å². The highest BCUT2D eigenvalue weighted by Crippen LogP contribution is 2.34. The first-order valence-corrected chi connectivity index (χ1v) is 7.72. The zero-order chi connectivity index (χ0) is 14.4. The zero-order valence-corrected chi connectivity index (χ0v) is 13.0. The van der Waals surface area contributed by atoms with Crippen molar-refractivity contribution in [1.82, 2.24) is 4.90 Å². The summed E-state index contributed by atoms with van der Waals surface area (Å²) in [7, 11) is 0. The number of allylic oxidation sites excluding steroid dienone is 2. The van der Waals surface area contributed by atoms with E-state index in [1.807, 2.05) is 6.92 Å². The molecule has 3 heteroatoms. The quantitative estimate of drug-likeness (QED) is 0.730. The summed E-state index contributed by atoms with van der Waals surface area (Å²) in [5.41, 5.74) is 7.02. The van der Waals surface area contributed by atoms with Crippen LogP contribution in [0.25, 0.3) is 0 Å². The van der Waals surface area contributed by atoms with E-state index in [0.29, 0.717) is 24.3 Å². The number of urea groups is 1. The maximum Gasteiger partial charge on any atom is 0.314 e. The van der Waals surface area contributed by atoms with Crippen molar-refractivity contribution in [3.05, 3.63) is 11.6 Å². The van der Waals surface area contributed by atoms with Crippen LogP contribution in [0.3, 0.4) is 0 Å². The number of nitrogens with two attached hydrogens (primary N) is 1. The second-order valence-electron chi connectivity index (χ2n) is 6.01. The molecule has 0 aromatic rings. The van der Waals surface area contributed by atoms with E-state index in [9.17, 15) is 4.79 Å². The van der Waals surface area contributed by atoms with E-state index in [0.717, 1.165) is 13.0 Å². The molecular weight excluding hydrogens is 236 g/mol. The van der Waals surface area contributed by atoms with Gasteiger partial charge in [0.2, 0.25) is 0 Å². The van der Waals surface area contributed by atoms with Gasteiger partial charge in [0.15, 0.2) is 0 Å². The monoisotopic (exact) mass is 266 g/mol. The molecule has 0 bridgehead atoms. The molecule has 0 heterocycles. The molecule has 2 amide bonds. The maximum absolute atomic E-state index is 11.3. The maximum atomic E-state index is 11.3. The fourth-order valence-corrected chi connectivity index (χ4v) is 3.10. The molecular formula is C16H30N2O. The highest BCUT2D eigenvalue weighted by atomic mass is 16.2. The van der Waals surface area contributed by atoms with Crippen molar-refractivity contribution in [2.75, 3.05) is 13.1 Å². The predicted octanol–water partition coefficient (Wildman–Crippen LogP) is 3.80. The zero-order valence-electron chi connectivity index (χ0n) is 13.0. The van der Waals surface area contributed by atoms with Crippen molar-refractivity contribution < 1.29 is 4.79 Å². The molecule has 0 aromatic carbocycles. The second-order valence-corrected chi connectivity index (χ2v) is 6.01. The lowest BCUT2D eigenvalue weighted by Gasteiger charge is -2.33. The first-order chi connectivity index (χ1) is 8.99. The Hall–Kier alpha value is -0.990. The molecule has 2 N–H and O–H groups in total. The van der Waals surface area contributed by atoms with Crippen LogP contribution in [0.5, 0.6) is 0 Å². The summed E-state index contributed by atoms with van der Waals surface area (Å²) in [6.45, 7) is 10.3.